The lowest BCUT2D eigenvalue weighted by atomic mass is 10.1. The van der Waals surface area contributed by atoms with E-state index in [2.05, 4.69) is 5.43 Å². The molecule has 0 radical (unpaired) electrons. The zero-order chi connectivity index (χ0) is 21.8. The zero-order valence-electron chi connectivity index (χ0n) is 16.2. The van der Waals surface area contributed by atoms with Crippen LogP contribution in [0.25, 0.3) is 6.08 Å². The van der Waals surface area contributed by atoms with Crippen LogP contribution in [0.2, 0.25) is 5.02 Å². The van der Waals surface area contributed by atoms with Crippen molar-refractivity contribution >= 4 is 35.4 Å². The molecule has 1 saturated heterocycles. The molecular weight excluding hydrogens is 416 g/mol. The fraction of sp³-hybridized carbons (Fsp3) is 0.0417. The molecule has 1 N–H and O–H groups in total. The largest absolute Gasteiger partial charge is 0.489 e. The van der Waals surface area contributed by atoms with E-state index in [-0.39, 0.29) is 11.1 Å². The number of hydrogen-bond acceptors (Lipinski definition) is 4. The highest BCUT2D eigenvalue weighted by molar-refractivity contribution is 6.31. The number of imide groups is 1. The second-order valence-electron chi connectivity index (χ2n) is 6.79. The SMILES string of the molecule is O=C1NN(C(=O)c2ccc(Cl)cc2)C(=O)/C1=C/c1ccc(OCc2ccccc2)cc1. The minimum absolute atomic E-state index is 0.125. The molecule has 1 heterocycles. The highest BCUT2D eigenvalue weighted by atomic mass is 35.5. The van der Waals surface area contributed by atoms with E-state index in [1.165, 1.54) is 30.3 Å². The maximum absolute atomic E-state index is 12.6. The third kappa shape index (κ3) is 4.65. The van der Waals surface area contributed by atoms with Crippen LogP contribution in [-0.2, 0) is 16.2 Å². The Balaban J connectivity index is 1.45. The lowest BCUT2D eigenvalue weighted by Crippen LogP contribution is -2.41. The van der Waals surface area contributed by atoms with Crippen molar-refractivity contribution in [3.63, 3.8) is 0 Å². The van der Waals surface area contributed by atoms with Gasteiger partial charge in [0.15, 0.2) is 0 Å². The Kier molecular flexibility index (Phi) is 5.82. The number of hydrazine groups is 1. The molecule has 1 fully saturated rings. The lowest BCUT2D eigenvalue weighted by molar-refractivity contribution is -0.125. The van der Waals surface area contributed by atoms with Gasteiger partial charge in [0.05, 0.1) is 0 Å². The molecule has 0 saturated carbocycles. The quantitative estimate of drug-likeness (QED) is 0.375. The third-order valence-electron chi connectivity index (χ3n) is 4.63. The molecule has 1 aliphatic rings. The zero-order valence-corrected chi connectivity index (χ0v) is 17.0. The van der Waals surface area contributed by atoms with Crippen LogP contribution in [-0.4, -0.2) is 22.7 Å². The number of nitrogens with one attached hydrogen (secondary N) is 1. The molecule has 0 unspecified atom stereocenters. The van der Waals surface area contributed by atoms with Crippen molar-refractivity contribution in [3.8, 4) is 5.75 Å². The normalized spacial score (nSPS) is 14.6. The first kappa shape index (κ1) is 20.4. The molecule has 1 aliphatic heterocycles. The summed E-state index contributed by atoms with van der Waals surface area (Å²) in [5, 5.41) is 1.17. The van der Waals surface area contributed by atoms with Gasteiger partial charge in [0.2, 0.25) is 0 Å². The Morgan fingerprint density at radius 2 is 1.61 bits per heavy atom. The molecular formula is C24H17ClN2O4. The van der Waals surface area contributed by atoms with Crippen molar-refractivity contribution in [2.75, 3.05) is 0 Å². The fourth-order valence-corrected chi connectivity index (χ4v) is 3.12. The molecule has 6 nitrogen and oxygen atoms in total. The number of ether oxygens (including phenoxy) is 1. The molecule has 0 aliphatic carbocycles. The first-order valence-electron chi connectivity index (χ1n) is 9.45. The average Bonchev–Trinajstić information content (AvgIpc) is 3.07. The predicted molar refractivity (Wildman–Crippen MR) is 116 cm³/mol. The summed E-state index contributed by atoms with van der Waals surface area (Å²) in [5.74, 6) is -1.33. The van der Waals surface area contributed by atoms with Crippen molar-refractivity contribution in [1.29, 1.82) is 0 Å². The molecule has 7 heteroatoms. The van der Waals surface area contributed by atoms with E-state index in [0.29, 0.717) is 28.0 Å². The first-order valence-corrected chi connectivity index (χ1v) is 9.83. The minimum atomic E-state index is -0.714. The molecule has 154 valence electrons. The number of hydrogen-bond donors (Lipinski definition) is 1. The lowest BCUT2D eigenvalue weighted by Gasteiger charge is -2.12. The van der Waals surface area contributed by atoms with E-state index < -0.39 is 17.7 Å². The van der Waals surface area contributed by atoms with Gasteiger partial charge in [-0.1, -0.05) is 54.1 Å². The van der Waals surface area contributed by atoms with Crippen LogP contribution < -0.4 is 10.2 Å². The van der Waals surface area contributed by atoms with E-state index in [1.807, 2.05) is 30.3 Å². The van der Waals surface area contributed by atoms with E-state index in [1.54, 1.807) is 24.3 Å². The number of benzene rings is 3. The van der Waals surface area contributed by atoms with E-state index >= 15 is 0 Å². The maximum atomic E-state index is 12.6. The van der Waals surface area contributed by atoms with Crippen LogP contribution in [0.4, 0.5) is 0 Å². The van der Waals surface area contributed by atoms with E-state index in [0.717, 1.165) is 5.56 Å². The Morgan fingerprint density at radius 3 is 2.29 bits per heavy atom. The molecule has 4 rings (SSSR count). The highest BCUT2D eigenvalue weighted by Gasteiger charge is 2.37. The molecule has 3 aromatic carbocycles. The second-order valence-corrected chi connectivity index (χ2v) is 7.23. The van der Waals surface area contributed by atoms with E-state index in [9.17, 15) is 14.4 Å². The molecule has 0 aromatic heterocycles. The van der Waals surface area contributed by atoms with Gasteiger partial charge < -0.3 is 4.74 Å². The van der Waals surface area contributed by atoms with Crippen molar-refractivity contribution in [3.05, 3.63) is 106 Å². The fourth-order valence-electron chi connectivity index (χ4n) is 2.99. The number of nitrogens with zero attached hydrogens (tertiary/aromatic N) is 1. The van der Waals surface area contributed by atoms with Crippen LogP contribution in [0.1, 0.15) is 21.5 Å². The van der Waals surface area contributed by atoms with Gasteiger partial charge in [-0.2, -0.15) is 5.01 Å². The monoisotopic (exact) mass is 432 g/mol. The summed E-state index contributed by atoms with van der Waals surface area (Å²) in [6.45, 7) is 0.434. The molecule has 31 heavy (non-hydrogen) atoms. The summed E-state index contributed by atoms with van der Waals surface area (Å²) in [7, 11) is 0. The van der Waals surface area contributed by atoms with Crippen LogP contribution in [0.15, 0.2) is 84.4 Å². The number of carbonyl (C=O) groups is 3. The van der Waals surface area contributed by atoms with Crippen LogP contribution in [0.5, 0.6) is 5.75 Å². The molecule has 3 aromatic rings. The standard InChI is InChI=1S/C24H17ClN2O4/c25-19-10-8-18(9-11-19)23(29)27-24(30)21(22(28)26-27)14-16-6-12-20(13-7-16)31-15-17-4-2-1-3-5-17/h1-14H,15H2,(H,26,28)/b21-14+. The van der Waals surface area contributed by atoms with Crippen molar-refractivity contribution < 1.29 is 19.1 Å². The van der Waals surface area contributed by atoms with E-state index in [4.69, 9.17) is 16.3 Å². The van der Waals surface area contributed by atoms with Crippen molar-refractivity contribution in [2.45, 2.75) is 6.61 Å². The minimum Gasteiger partial charge on any atom is -0.489 e. The van der Waals surface area contributed by atoms with Gasteiger partial charge in [-0.15, -0.1) is 0 Å². The summed E-state index contributed by atoms with van der Waals surface area (Å²) in [5.41, 5.74) is 4.10. The summed E-state index contributed by atoms with van der Waals surface area (Å²) < 4.78 is 5.74. The molecule has 3 amide bonds. The van der Waals surface area contributed by atoms with Crippen LogP contribution in [0, 0.1) is 0 Å². The van der Waals surface area contributed by atoms with Gasteiger partial charge in [-0.25, -0.2) is 0 Å². The first-order chi connectivity index (χ1) is 15.0. The third-order valence-corrected chi connectivity index (χ3v) is 4.88. The molecule has 0 bridgehead atoms. The van der Waals surface area contributed by atoms with Gasteiger partial charge in [0.1, 0.15) is 17.9 Å². The topological polar surface area (TPSA) is 75.7 Å². The van der Waals surface area contributed by atoms with Gasteiger partial charge in [0.25, 0.3) is 17.7 Å². The van der Waals surface area contributed by atoms with Crippen LogP contribution in [0.3, 0.4) is 0 Å². The average molecular weight is 433 g/mol. The Bertz CT molecular complexity index is 1160. The Morgan fingerprint density at radius 1 is 0.935 bits per heavy atom. The number of amides is 3. The Labute approximate surface area is 183 Å². The Hall–Kier alpha value is -3.90. The summed E-state index contributed by atoms with van der Waals surface area (Å²) >= 11 is 5.82. The van der Waals surface area contributed by atoms with Gasteiger partial charge in [0, 0.05) is 10.6 Å². The predicted octanol–water partition coefficient (Wildman–Crippen LogP) is 4.02. The van der Waals surface area contributed by atoms with Gasteiger partial charge >= 0.3 is 0 Å². The molecule has 0 atom stereocenters. The van der Waals surface area contributed by atoms with Crippen molar-refractivity contribution in [2.24, 2.45) is 0 Å². The number of carbonyl (C=O) groups excluding carboxylic acids is 3. The second kappa shape index (κ2) is 8.85. The highest BCUT2D eigenvalue weighted by Crippen LogP contribution is 2.20. The van der Waals surface area contributed by atoms with Crippen LogP contribution >= 0.6 is 11.6 Å². The maximum Gasteiger partial charge on any atom is 0.285 e. The smallest absolute Gasteiger partial charge is 0.285 e. The number of rotatable bonds is 5. The summed E-state index contributed by atoms with van der Waals surface area (Å²) in [6, 6.07) is 22.8. The van der Waals surface area contributed by atoms with Gasteiger partial charge in [-0.3, -0.25) is 19.8 Å². The number of halogens is 1. The summed E-state index contributed by atoms with van der Waals surface area (Å²) in [6.07, 6.45) is 1.44. The van der Waals surface area contributed by atoms with Gasteiger partial charge in [-0.05, 0) is 53.6 Å². The molecule has 0 spiro atoms. The van der Waals surface area contributed by atoms with Crippen molar-refractivity contribution in [1.82, 2.24) is 10.4 Å². The summed E-state index contributed by atoms with van der Waals surface area (Å²) in [4.78, 5) is 37.5.